The lowest BCUT2D eigenvalue weighted by molar-refractivity contribution is -0.128. The van der Waals surface area contributed by atoms with Crippen LogP contribution in [0.3, 0.4) is 0 Å². The first-order chi connectivity index (χ1) is 11.0. The largest absolute Gasteiger partial charge is 0.337 e. The van der Waals surface area contributed by atoms with Crippen LogP contribution in [0.2, 0.25) is 5.02 Å². The summed E-state index contributed by atoms with van der Waals surface area (Å²) in [5, 5.41) is 0.612. The lowest BCUT2D eigenvalue weighted by atomic mass is 10.2. The molecule has 0 unspecified atom stereocenters. The summed E-state index contributed by atoms with van der Waals surface area (Å²) in [6.45, 7) is 1.89. The molecule has 2 aliphatic rings. The Morgan fingerprint density at radius 1 is 1.22 bits per heavy atom. The van der Waals surface area contributed by atoms with Gasteiger partial charge in [-0.25, -0.2) is 0 Å². The van der Waals surface area contributed by atoms with E-state index in [-0.39, 0.29) is 18.4 Å². The van der Waals surface area contributed by atoms with Crippen LogP contribution in [-0.2, 0) is 21.5 Å². The van der Waals surface area contributed by atoms with Gasteiger partial charge in [0.25, 0.3) is 10.2 Å². The maximum atomic E-state index is 12.3. The molecule has 0 radical (unpaired) electrons. The van der Waals surface area contributed by atoms with Crippen molar-refractivity contribution >= 4 is 27.7 Å². The summed E-state index contributed by atoms with van der Waals surface area (Å²) in [6, 6.07) is 6.98. The average Bonchev–Trinajstić information content (AvgIpc) is 3.12. The fourth-order valence-electron chi connectivity index (χ4n) is 3.05. The first-order valence-corrected chi connectivity index (χ1v) is 9.56. The normalized spacial score (nSPS) is 22.9. The van der Waals surface area contributed by atoms with Crippen molar-refractivity contribution in [1.29, 1.82) is 0 Å². The van der Waals surface area contributed by atoms with Crippen molar-refractivity contribution < 1.29 is 13.2 Å². The highest BCUT2D eigenvalue weighted by molar-refractivity contribution is 7.87. The molecule has 3 rings (SSSR count). The zero-order chi connectivity index (χ0) is 16.4. The second-order valence-electron chi connectivity index (χ2n) is 6.00. The smallest absolute Gasteiger partial charge is 0.279 e. The van der Waals surface area contributed by atoms with Crippen LogP contribution in [0.25, 0.3) is 0 Å². The highest BCUT2D eigenvalue weighted by Gasteiger charge is 2.35. The van der Waals surface area contributed by atoms with Gasteiger partial charge in [0.15, 0.2) is 0 Å². The molecule has 1 amide bonds. The molecule has 2 fully saturated rings. The lowest BCUT2D eigenvalue weighted by Gasteiger charge is -2.20. The average molecular weight is 358 g/mol. The molecule has 0 aliphatic carbocycles. The Morgan fingerprint density at radius 3 is 2.61 bits per heavy atom. The van der Waals surface area contributed by atoms with Crippen LogP contribution in [0.4, 0.5) is 0 Å². The minimum atomic E-state index is -3.49. The fourth-order valence-corrected chi connectivity index (χ4v) is 4.71. The third-order valence-corrected chi connectivity index (χ3v) is 6.30. The quantitative estimate of drug-likeness (QED) is 0.865. The Kier molecular flexibility index (Phi) is 4.91. The van der Waals surface area contributed by atoms with Crippen LogP contribution < -0.4 is 4.72 Å². The predicted octanol–water partition coefficient (Wildman–Crippen LogP) is 1.37. The molecule has 126 valence electrons. The lowest BCUT2D eigenvalue weighted by Crippen LogP contribution is -2.45. The van der Waals surface area contributed by atoms with E-state index in [1.54, 1.807) is 11.0 Å². The van der Waals surface area contributed by atoms with Gasteiger partial charge in [-0.3, -0.25) is 4.79 Å². The van der Waals surface area contributed by atoms with Gasteiger partial charge in [-0.05, 0) is 24.5 Å². The van der Waals surface area contributed by atoms with E-state index in [0.717, 1.165) is 18.4 Å². The second-order valence-corrected chi connectivity index (χ2v) is 8.11. The molecule has 1 atom stereocenters. The van der Waals surface area contributed by atoms with Crippen LogP contribution in [0.15, 0.2) is 24.3 Å². The number of halogens is 1. The molecule has 0 saturated carbocycles. The summed E-state index contributed by atoms with van der Waals surface area (Å²) in [4.78, 5) is 13.8. The molecule has 0 spiro atoms. The number of nitrogens with zero attached hydrogens (tertiary/aromatic N) is 2. The van der Waals surface area contributed by atoms with E-state index in [9.17, 15) is 13.2 Å². The van der Waals surface area contributed by atoms with Crippen LogP contribution in [0, 0.1) is 0 Å². The van der Waals surface area contributed by atoms with Gasteiger partial charge in [-0.15, -0.1) is 0 Å². The Balaban J connectivity index is 1.62. The molecule has 2 saturated heterocycles. The minimum absolute atomic E-state index is 0.0564. The Labute approximate surface area is 141 Å². The number of rotatable bonds is 5. The van der Waals surface area contributed by atoms with Crippen molar-refractivity contribution in [3.63, 3.8) is 0 Å². The number of hydrogen-bond donors (Lipinski definition) is 1. The van der Waals surface area contributed by atoms with E-state index in [1.165, 1.54) is 4.31 Å². The zero-order valence-corrected chi connectivity index (χ0v) is 14.3. The molecular weight excluding hydrogens is 338 g/mol. The summed E-state index contributed by atoms with van der Waals surface area (Å²) >= 11 is 6.12. The van der Waals surface area contributed by atoms with Crippen molar-refractivity contribution in [2.45, 2.75) is 31.8 Å². The molecule has 1 N–H and O–H groups in total. The summed E-state index contributed by atoms with van der Waals surface area (Å²) in [7, 11) is -3.49. The summed E-state index contributed by atoms with van der Waals surface area (Å²) in [5.41, 5.74) is 0.866. The van der Waals surface area contributed by atoms with E-state index in [2.05, 4.69) is 4.72 Å². The number of hydrogen-bond acceptors (Lipinski definition) is 3. The molecule has 2 aliphatic heterocycles. The van der Waals surface area contributed by atoms with E-state index in [1.807, 2.05) is 18.2 Å². The molecular formula is C15H20ClN3O3S. The molecule has 0 aromatic heterocycles. The molecule has 0 bridgehead atoms. The topological polar surface area (TPSA) is 69.7 Å². The number of carbonyl (C=O) groups is 1. The van der Waals surface area contributed by atoms with Crippen molar-refractivity contribution in [2.75, 3.05) is 19.6 Å². The number of likely N-dealkylation sites (tertiary alicyclic amines) is 1. The van der Waals surface area contributed by atoms with Gasteiger partial charge >= 0.3 is 0 Å². The van der Waals surface area contributed by atoms with E-state index in [4.69, 9.17) is 11.6 Å². The van der Waals surface area contributed by atoms with Gasteiger partial charge in [-0.1, -0.05) is 29.8 Å². The molecule has 1 aromatic rings. The van der Waals surface area contributed by atoms with Crippen molar-refractivity contribution in [2.24, 2.45) is 0 Å². The van der Waals surface area contributed by atoms with Crippen molar-refractivity contribution in [1.82, 2.24) is 13.9 Å². The van der Waals surface area contributed by atoms with Crippen LogP contribution in [-0.4, -0.2) is 49.2 Å². The minimum Gasteiger partial charge on any atom is -0.337 e. The number of carbonyl (C=O) groups excluding carboxylic acids is 1. The van der Waals surface area contributed by atoms with Gasteiger partial charge in [0.2, 0.25) is 5.91 Å². The first kappa shape index (κ1) is 16.7. The highest BCUT2D eigenvalue weighted by atomic mass is 35.5. The monoisotopic (exact) mass is 357 g/mol. The molecule has 23 heavy (non-hydrogen) atoms. The Morgan fingerprint density at radius 2 is 1.91 bits per heavy atom. The maximum Gasteiger partial charge on any atom is 0.279 e. The van der Waals surface area contributed by atoms with Crippen LogP contribution in [0.5, 0.6) is 0 Å². The third kappa shape index (κ3) is 3.85. The van der Waals surface area contributed by atoms with Crippen LogP contribution in [0.1, 0.15) is 24.8 Å². The highest BCUT2D eigenvalue weighted by Crippen LogP contribution is 2.21. The molecule has 6 nitrogen and oxygen atoms in total. The summed E-state index contributed by atoms with van der Waals surface area (Å²) in [6.07, 6.45) is 1.98. The summed E-state index contributed by atoms with van der Waals surface area (Å²) < 4.78 is 28.7. The first-order valence-electron chi connectivity index (χ1n) is 7.74. The molecule has 2 heterocycles. The number of amides is 1. The molecule has 1 aromatic carbocycles. The van der Waals surface area contributed by atoms with E-state index < -0.39 is 10.2 Å². The Hall–Kier alpha value is -1.15. The standard InChI is InChI=1S/C15H20ClN3O3S/c16-14-6-2-1-5-12(14)10-18-11-13(9-15(18)20)17-23(21,22)19-7-3-4-8-19/h1-2,5-6,13,17H,3-4,7-11H2/t13-/m1/s1. The van der Waals surface area contributed by atoms with Gasteiger partial charge < -0.3 is 4.90 Å². The fraction of sp³-hybridized carbons (Fsp3) is 0.533. The van der Waals surface area contributed by atoms with E-state index >= 15 is 0 Å². The predicted molar refractivity (Wildman–Crippen MR) is 88.1 cm³/mol. The van der Waals surface area contributed by atoms with Crippen LogP contribution >= 0.6 is 11.6 Å². The third-order valence-electron chi connectivity index (χ3n) is 4.25. The molecule has 8 heteroatoms. The number of benzene rings is 1. The second kappa shape index (κ2) is 6.76. The van der Waals surface area contributed by atoms with Crippen molar-refractivity contribution in [3.05, 3.63) is 34.9 Å². The maximum absolute atomic E-state index is 12.3. The van der Waals surface area contributed by atoms with Gasteiger partial charge in [-0.2, -0.15) is 17.4 Å². The SMILES string of the molecule is O=C1C[C@@H](NS(=O)(=O)N2CCCC2)CN1Cc1ccccc1Cl. The van der Waals surface area contributed by atoms with Crippen molar-refractivity contribution in [3.8, 4) is 0 Å². The van der Waals surface area contributed by atoms with Gasteiger partial charge in [0, 0.05) is 43.7 Å². The summed E-state index contributed by atoms with van der Waals surface area (Å²) in [5.74, 6) is -0.0564. The van der Waals surface area contributed by atoms with E-state index in [0.29, 0.717) is 31.2 Å². The van der Waals surface area contributed by atoms with Gasteiger partial charge in [0.05, 0.1) is 0 Å². The Bertz CT molecular complexity index is 689. The number of nitrogens with one attached hydrogen (secondary N) is 1. The van der Waals surface area contributed by atoms with Gasteiger partial charge in [0.1, 0.15) is 0 Å². The zero-order valence-electron chi connectivity index (χ0n) is 12.7.